The molecule has 0 aliphatic carbocycles. The molecule has 28 heavy (non-hydrogen) atoms. The molecule has 0 bridgehead atoms. The van der Waals surface area contributed by atoms with Crippen molar-refractivity contribution in [1.29, 1.82) is 0 Å². The van der Waals surface area contributed by atoms with Crippen molar-refractivity contribution >= 4 is 28.3 Å². The lowest BCUT2D eigenvalue weighted by atomic mass is 10.1. The summed E-state index contributed by atoms with van der Waals surface area (Å²) in [5, 5.41) is 1.81. The molecule has 1 aliphatic rings. The molecule has 0 spiro atoms. The summed E-state index contributed by atoms with van der Waals surface area (Å²) in [5.41, 5.74) is 5.10. The van der Waals surface area contributed by atoms with Crippen LogP contribution in [0.2, 0.25) is 5.02 Å². The Morgan fingerprint density at radius 3 is 2.57 bits per heavy atom. The lowest BCUT2D eigenvalue weighted by Gasteiger charge is -2.37. The molecular formula is C23H25ClN2O2. The summed E-state index contributed by atoms with van der Waals surface area (Å²) < 4.78 is 5.44. The number of hydrogen-bond acceptors (Lipinski definition) is 4. The quantitative estimate of drug-likeness (QED) is 0.602. The molecule has 0 saturated carbocycles. The number of piperazine rings is 1. The molecule has 4 nitrogen and oxygen atoms in total. The smallest absolute Gasteiger partial charge is 0.336 e. The third kappa shape index (κ3) is 3.94. The fraction of sp³-hybridized carbons (Fsp3) is 0.348. The average Bonchev–Trinajstić information content (AvgIpc) is 2.70. The highest BCUT2D eigenvalue weighted by Crippen LogP contribution is 2.26. The molecule has 0 unspecified atom stereocenters. The van der Waals surface area contributed by atoms with Gasteiger partial charge >= 0.3 is 5.63 Å². The van der Waals surface area contributed by atoms with Gasteiger partial charge in [0.1, 0.15) is 5.58 Å². The maximum absolute atomic E-state index is 12.0. The molecule has 1 fully saturated rings. The van der Waals surface area contributed by atoms with E-state index in [4.69, 9.17) is 16.0 Å². The first kappa shape index (κ1) is 19.0. The summed E-state index contributed by atoms with van der Waals surface area (Å²) in [6.45, 7) is 8.76. The van der Waals surface area contributed by atoms with E-state index in [-0.39, 0.29) is 5.63 Å². The Labute approximate surface area is 170 Å². The van der Waals surface area contributed by atoms with Crippen LogP contribution in [0.25, 0.3) is 11.0 Å². The summed E-state index contributed by atoms with van der Waals surface area (Å²) >= 11 is 6.19. The van der Waals surface area contributed by atoms with E-state index in [1.807, 2.05) is 18.2 Å². The van der Waals surface area contributed by atoms with Crippen LogP contribution in [-0.2, 0) is 13.0 Å². The highest BCUT2D eigenvalue weighted by atomic mass is 35.5. The van der Waals surface area contributed by atoms with Gasteiger partial charge in [0.05, 0.1) is 0 Å². The van der Waals surface area contributed by atoms with Crippen LogP contribution in [0.3, 0.4) is 0 Å². The van der Waals surface area contributed by atoms with Crippen molar-refractivity contribution in [1.82, 2.24) is 4.90 Å². The lowest BCUT2D eigenvalue weighted by molar-refractivity contribution is 0.250. The third-order valence-corrected chi connectivity index (χ3v) is 5.82. The number of hydrogen-bond donors (Lipinski definition) is 0. The van der Waals surface area contributed by atoms with E-state index in [0.29, 0.717) is 5.58 Å². The van der Waals surface area contributed by atoms with E-state index in [2.05, 4.69) is 41.8 Å². The lowest BCUT2D eigenvalue weighted by Crippen LogP contribution is -2.46. The largest absolute Gasteiger partial charge is 0.423 e. The van der Waals surface area contributed by atoms with E-state index in [9.17, 15) is 4.79 Å². The molecule has 1 aliphatic heterocycles. The normalized spacial score (nSPS) is 15.3. The van der Waals surface area contributed by atoms with Crippen LogP contribution in [0.5, 0.6) is 0 Å². The van der Waals surface area contributed by atoms with Gasteiger partial charge in [0, 0.05) is 54.9 Å². The first-order chi connectivity index (χ1) is 13.5. The Kier molecular flexibility index (Phi) is 5.42. The van der Waals surface area contributed by atoms with Crippen molar-refractivity contribution in [3.63, 3.8) is 0 Å². The van der Waals surface area contributed by atoms with Gasteiger partial charge in [0.2, 0.25) is 0 Å². The maximum atomic E-state index is 12.0. The van der Waals surface area contributed by atoms with Gasteiger partial charge in [0.25, 0.3) is 0 Å². The topological polar surface area (TPSA) is 36.7 Å². The van der Waals surface area contributed by atoms with Gasteiger partial charge in [-0.3, -0.25) is 4.90 Å². The number of halogens is 1. The van der Waals surface area contributed by atoms with Gasteiger partial charge in [0.15, 0.2) is 0 Å². The second kappa shape index (κ2) is 7.98. The SMILES string of the molecule is CCc1ccc2c(CN3CCN(c4cc(Cl)ccc4C)CC3)cc(=O)oc2c1. The van der Waals surface area contributed by atoms with E-state index in [1.165, 1.54) is 16.8 Å². The number of aryl methyl sites for hydroxylation is 2. The van der Waals surface area contributed by atoms with Crippen LogP contribution < -0.4 is 10.5 Å². The fourth-order valence-electron chi connectivity index (χ4n) is 3.94. The molecule has 2 aromatic carbocycles. The molecule has 146 valence electrons. The summed E-state index contributed by atoms with van der Waals surface area (Å²) in [5.74, 6) is 0. The van der Waals surface area contributed by atoms with Crippen LogP contribution in [0.4, 0.5) is 5.69 Å². The van der Waals surface area contributed by atoms with Crippen molar-refractivity contribution in [3.8, 4) is 0 Å². The van der Waals surface area contributed by atoms with Gasteiger partial charge in [-0.2, -0.15) is 0 Å². The average molecular weight is 397 g/mol. The van der Waals surface area contributed by atoms with Crippen LogP contribution in [0.15, 0.2) is 51.7 Å². The first-order valence-corrected chi connectivity index (χ1v) is 10.2. The predicted octanol–water partition coefficient (Wildman–Crippen LogP) is 4.64. The standard InChI is InChI=1S/C23H25ClN2O2/c1-3-17-5-7-20-18(13-23(27)28-22(20)12-17)15-25-8-10-26(11-9-25)21-14-19(24)6-4-16(21)2/h4-7,12-14H,3,8-11,15H2,1-2H3. The molecule has 5 heteroatoms. The molecule has 0 radical (unpaired) electrons. The summed E-state index contributed by atoms with van der Waals surface area (Å²) in [7, 11) is 0. The van der Waals surface area contributed by atoms with Crippen LogP contribution >= 0.6 is 11.6 Å². The van der Waals surface area contributed by atoms with E-state index >= 15 is 0 Å². The summed E-state index contributed by atoms with van der Waals surface area (Å²) in [4.78, 5) is 16.8. The summed E-state index contributed by atoms with van der Waals surface area (Å²) in [6, 6.07) is 13.9. The maximum Gasteiger partial charge on any atom is 0.336 e. The molecule has 0 atom stereocenters. The van der Waals surface area contributed by atoms with Gasteiger partial charge in [-0.15, -0.1) is 0 Å². The number of anilines is 1. The molecule has 4 rings (SSSR count). The number of fused-ring (bicyclic) bond motifs is 1. The van der Waals surface area contributed by atoms with Crippen LogP contribution in [-0.4, -0.2) is 31.1 Å². The van der Waals surface area contributed by atoms with E-state index in [0.717, 1.165) is 55.1 Å². The molecule has 2 heterocycles. The zero-order valence-corrected chi connectivity index (χ0v) is 17.1. The highest BCUT2D eigenvalue weighted by Gasteiger charge is 2.20. The van der Waals surface area contributed by atoms with E-state index < -0.39 is 0 Å². The zero-order chi connectivity index (χ0) is 19.7. The minimum Gasteiger partial charge on any atom is -0.423 e. The molecule has 0 amide bonds. The summed E-state index contributed by atoms with van der Waals surface area (Å²) in [6.07, 6.45) is 0.925. The van der Waals surface area contributed by atoms with Gasteiger partial charge in [-0.1, -0.05) is 36.7 Å². The number of nitrogens with zero attached hydrogens (tertiary/aromatic N) is 2. The monoisotopic (exact) mass is 396 g/mol. The molecular weight excluding hydrogens is 372 g/mol. The fourth-order valence-corrected chi connectivity index (χ4v) is 4.10. The Hall–Kier alpha value is -2.30. The van der Waals surface area contributed by atoms with Crippen molar-refractivity contribution in [3.05, 3.63) is 74.6 Å². The van der Waals surface area contributed by atoms with Crippen molar-refractivity contribution in [2.75, 3.05) is 31.1 Å². The minimum absolute atomic E-state index is 0.274. The Bertz CT molecular complexity index is 1050. The van der Waals surface area contributed by atoms with Crippen LogP contribution in [0.1, 0.15) is 23.6 Å². The predicted molar refractivity (Wildman–Crippen MR) is 116 cm³/mol. The van der Waals surface area contributed by atoms with Crippen molar-refractivity contribution in [2.45, 2.75) is 26.8 Å². The molecule has 0 N–H and O–H groups in total. The van der Waals surface area contributed by atoms with E-state index in [1.54, 1.807) is 6.07 Å². The molecule has 1 aromatic heterocycles. The second-order valence-electron chi connectivity index (χ2n) is 7.47. The van der Waals surface area contributed by atoms with Crippen molar-refractivity contribution in [2.24, 2.45) is 0 Å². The van der Waals surface area contributed by atoms with Crippen LogP contribution in [0, 0.1) is 6.92 Å². The number of rotatable bonds is 4. The van der Waals surface area contributed by atoms with Gasteiger partial charge in [-0.25, -0.2) is 4.79 Å². The Morgan fingerprint density at radius 2 is 1.82 bits per heavy atom. The van der Waals surface area contributed by atoms with Gasteiger partial charge in [-0.05, 0) is 48.2 Å². The second-order valence-corrected chi connectivity index (χ2v) is 7.91. The Morgan fingerprint density at radius 1 is 1.04 bits per heavy atom. The highest BCUT2D eigenvalue weighted by molar-refractivity contribution is 6.30. The zero-order valence-electron chi connectivity index (χ0n) is 16.4. The minimum atomic E-state index is -0.274. The number of benzene rings is 2. The molecule has 3 aromatic rings. The van der Waals surface area contributed by atoms with Crippen molar-refractivity contribution < 1.29 is 4.42 Å². The molecule has 1 saturated heterocycles. The Balaban J connectivity index is 1.51. The first-order valence-electron chi connectivity index (χ1n) is 9.82. The van der Waals surface area contributed by atoms with Gasteiger partial charge < -0.3 is 9.32 Å². The third-order valence-electron chi connectivity index (χ3n) is 5.58.